The zero-order chi connectivity index (χ0) is 28.2. The lowest BCUT2D eigenvalue weighted by Crippen LogP contribution is -2.46. The van der Waals surface area contributed by atoms with Crippen LogP contribution in [0, 0.1) is 11.8 Å². The summed E-state index contributed by atoms with van der Waals surface area (Å²) in [4.78, 5) is 14.1. The lowest BCUT2D eigenvalue weighted by molar-refractivity contribution is -0.126. The number of alkyl halides is 4. The minimum atomic E-state index is -4.41. The van der Waals surface area contributed by atoms with Crippen molar-refractivity contribution in [1.29, 1.82) is 0 Å². The number of thiophene rings is 1. The van der Waals surface area contributed by atoms with E-state index in [4.69, 9.17) is 4.74 Å². The number of hydrogen-bond donors (Lipinski definition) is 3. The van der Waals surface area contributed by atoms with Crippen molar-refractivity contribution in [3.8, 4) is 17.6 Å². The molecule has 39 heavy (non-hydrogen) atoms. The first kappa shape index (κ1) is 28.5. The molecule has 2 heterocycles. The zero-order valence-electron chi connectivity index (χ0n) is 21.8. The van der Waals surface area contributed by atoms with Crippen LogP contribution in [-0.4, -0.2) is 70.0 Å². The van der Waals surface area contributed by atoms with Crippen LogP contribution in [-0.2, 0) is 6.42 Å². The van der Waals surface area contributed by atoms with E-state index in [0.29, 0.717) is 50.6 Å². The molecule has 3 aromatic rings. The molecule has 1 amide bonds. The van der Waals surface area contributed by atoms with Crippen LogP contribution in [0.1, 0.15) is 27.2 Å². The molecule has 2 aromatic carbocycles. The lowest BCUT2D eigenvalue weighted by Gasteiger charge is -2.33. The van der Waals surface area contributed by atoms with E-state index in [1.165, 1.54) is 25.5 Å². The number of amides is 1. The number of likely N-dealkylation sites (tertiary alicyclic amines) is 1. The minimum absolute atomic E-state index is 0.117. The summed E-state index contributed by atoms with van der Waals surface area (Å²) >= 11 is 1.18. The van der Waals surface area contributed by atoms with E-state index in [0.717, 1.165) is 6.54 Å². The molecule has 1 aromatic heterocycles. The number of piperidine rings is 1. The highest BCUT2D eigenvalue weighted by Gasteiger charge is 2.32. The fourth-order valence-electron chi connectivity index (χ4n) is 4.57. The number of benzene rings is 2. The Kier molecular flexibility index (Phi) is 8.87. The number of anilines is 2. The highest BCUT2D eigenvalue weighted by atomic mass is 32.1. The molecule has 2 atom stereocenters. The molecule has 0 radical (unpaired) electrons. The maximum Gasteiger partial charge on any atom is 0.393 e. The van der Waals surface area contributed by atoms with Gasteiger partial charge in [0.15, 0.2) is 0 Å². The van der Waals surface area contributed by atoms with Crippen molar-refractivity contribution in [3.05, 3.63) is 52.4 Å². The Morgan fingerprint density at radius 1 is 1.23 bits per heavy atom. The quantitative estimate of drug-likeness (QED) is 0.270. The molecule has 3 N–H and O–H groups in total. The van der Waals surface area contributed by atoms with Gasteiger partial charge >= 0.3 is 6.18 Å². The van der Waals surface area contributed by atoms with E-state index in [-0.39, 0.29) is 18.0 Å². The van der Waals surface area contributed by atoms with Gasteiger partial charge in [-0.15, -0.1) is 11.3 Å². The van der Waals surface area contributed by atoms with Gasteiger partial charge in [0.05, 0.1) is 47.1 Å². The second kappa shape index (κ2) is 12.1. The van der Waals surface area contributed by atoms with Gasteiger partial charge in [0.25, 0.3) is 5.91 Å². The van der Waals surface area contributed by atoms with Gasteiger partial charge < -0.3 is 25.6 Å². The molecule has 1 fully saturated rings. The Bertz CT molecular complexity index is 1400. The summed E-state index contributed by atoms with van der Waals surface area (Å²) in [5.41, 5.74) is 1.75. The molecule has 0 bridgehead atoms. The van der Waals surface area contributed by atoms with Crippen LogP contribution in [0.2, 0.25) is 0 Å². The maximum atomic E-state index is 14.7. The maximum absolute atomic E-state index is 14.7. The highest BCUT2D eigenvalue weighted by Crippen LogP contribution is 2.39. The van der Waals surface area contributed by atoms with Crippen molar-refractivity contribution in [2.45, 2.75) is 31.2 Å². The first-order chi connectivity index (χ1) is 18.6. The smallest absolute Gasteiger partial charge is 0.393 e. The molecule has 1 saturated heterocycles. The molecule has 208 valence electrons. The number of hydrogen-bond acceptors (Lipinski definition) is 6. The Morgan fingerprint density at radius 3 is 2.72 bits per heavy atom. The van der Waals surface area contributed by atoms with Crippen molar-refractivity contribution in [1.82, 2.24) is 10.2 Å². The van der Waals surface area contributed by atoms with Crippen LogP contribution in [0.3, 0.4) is 0 Å². The fraction of sp³-hybridized carbons (Fsp3) is 0.393. The number of ether oxygens (including phenoxy) is 1. The average Bonchev–Trinajstić information content (AvgIpc) is 3.24. The summed E-state index contributed by atoms with van der Waals surface area (Å²) in [6.07, 6.45) is -6.01. The normalized spacial score (nSPS) is 17.8. The third-order valence-corrected chi connectivity index (χ3v) is 7.74. The number of halogens is 4. The highest BCUT2D eigenvalue weighted by molar-refractivity contribution is 7.20. The van der Waals surface area contributed by atoms with Crippen molar-refractivity contribution in [2.75, 3.05) is 51.5 Å². The van der Waals surface area contributed by atoms with Gasteiger partial charge in [0.1, 0.15) is 11.9 Å². The van der Waals surface area contributed by atoms with E-state index in [2.05, 4.69) is 27.8 Å². The second-order valence-corrected chi connectivity index (χ2v) is 10.4. The van der Waals surface area contributed by atoms with Gasteiger partial charge in [0, 0.05) is 25.7 Å². The molecule has 0 saturated carbocycles. The predicted octanol–water partition coefficient (Wildman–Crippen LogP) is 5.29. The Balaban J connectivity index is 1.59. The minimum Gasteiger partial charge on any atom is -0.495 e. The molecule has 0 aliphatic carbocycles. The predicted molar refractivity (Wildman–Crippen MR) is 148 cm³/mol. The van der Waals surface area contributed by atoms with Gasteiger partial charge in [-0.2, -0.15) is 13.2 Å². The molecular weight excluding hydrogens is 532 g/mol. The van der Waals surface area contributed by atoms with Crippen LogP contribution in [0.4, 0.5) is 28.9 Å². The van der Waals surface area contributed by atoms with Gasteiger partial charge in [-0.1, -0.05) is 24.0 Å². The standard InChI is InChI=1S/C28H30F4N4O2S/c1-33-27(37)17-9-10-22(24(14-17)38-3)34-12-5-8-25-19(15-28(30,31)32)18-6-4-7-23(26(18)39-25)35-21-11-13-36(2)16-20(21)29/h4,6-7,9-10,14,20-21,34-35H,11-13,15-16H2,1-3H3,(H,33,37)/t20-,21+/m1/s1. The molecule has 6 nitrogen and oxygen atoms in total. The topological polar surface area (TPSA) is 65.6 Å². The van der Waals surface area contributed by atoms with Gasteiger partial charge in [0.2, 0.25) is 0 Å². The summed E-state index contributed by atoms with van der Waals surface area (Å²) in [5.74, 6) is 6.00. The van der Waals surface area contributed by atoms with E-state index in [1.807, 2.05) is 11.9 Å². The van der Waals surface area contributed by atoms with Crippen LogP contribution in [0.15, 0.2) is 36.4 Å². The fourth-order valence-corrected chi connectivity index (χ4v) is 5.74. The number of nitrogens with zero attached hydrogens (tertiary/aromatic N) is 1. The average molecular weight is 563 g/mol. The number of nitrogens with one attached hydrogen (secondary N) is 3. The number of methoxy groups -OCH3 is 1. The summed E-state index contributed by atoms with van der Waals surface area (Å²) in [6.45, 7) is 1.18. The lowest BCUT2D eigenvalue weighted by atomic mass is 10.0. The Morgan fingerprint density at radius 2 is 2.03 bits per heavy atom. The van der Waals surface area contributed by atoms with E-state index in [1.54, 1.807) is 36.4 Å². The first-order valence-corrected chi connectivity index (χ1v) is 13.2. The van der Waals surface area contributed by atoms with Crippen LogP contribution in [0.5, 0.6) is 5.75 Å². The second-order valence-electron chi connectivity index (χ2n) is 9.35. The van der Waals surface area contributed by atoms with Gasteiger partial charge in [-0.25, -0.2) is 4.39 Å². The molecule has 4 rings (SSSR count). The van der Waals surface area contributed by atoms with Gasteiger partial charge in [-0.3, -0.25) is 4.79 Å². The SMILES string of the molecule is CNC(=O)c1ccc(NCC#Cc2sc3c(N[C@H]4CCN(C)C[C@H]4F)cccc3c2CC(F)(F)F)c(OC)c1. The van der Waals surface area contributed by atoms with Crippen LogP contribution in [0.25, 0.3) is 10.1 Å². The molecule has 0 unspecified atom stereocenters. The van der Waals surface area contributed by atoms with Gasteiger partial charge in [-0.05, 0) is 48.7 Å². The van der Waals surface area contributed by atoms with Crippen molar-refractivity contribution in [3.63, 3.8) is 0 Å². The summed E-state index contributed by atoms with van der Waals surface area (Å²) in [7, 11) is 4.87. The summed E-state index contributed by atoms with van der Waals surface area (Å²) in [5, 5.41) is 9.34. The molecule has 0 spiro atoms. The third kappa shape index (κ3) is 6.94. The number of carbonyl (C=O) groups excluding carboxylic acids is 1. The Labute approximate surface area is 228 Å². The van der Waals surface area contributed by atoms with Crippen molar-refractivity contribution in [2.24, 2.45) is 0 Å². The monoisotopic (exact) mass is 562 g/mol. The summed E-state index contributed by atoms with van der Waals surface area (Å²) < 4.78 is 61.2. The number of fused-ring (bicyclic) bond motifs is 1. The van der Waals surface area contributed by atoms with E-state index < -0.39 is 24.8 Å². The number of carbonyl (C=O) groups is 1. The third-order valence-electron chi connectivity index (χ3n) is 6.54. The molecule has 11 heteroatoms. The van der Waals surface area contributed by atoms with Crippen LogP contribution < -0.4 is 20.7 Å². The molecule has 1 aliphatic heterocycles. The molecular formula is C28H30F4N4O2S. The largest absolute Gasteiger partial charge is 0.495 e. The van der Waals surface area contributed by atoms with Crippen molar-refractivity contribution < 1.29 is 27.1 Å². The Hall–Kier alpha value is -3.49. The summed E-state index contributed by atoms with van der Waals surface area (Å²) in [6, 6.07) is 9.60. The first-order valence-electron chi connectivity index (χ1n) is 12.4. The van der Waals surface area contributed by atoms with Crippen molar-refractivity contribution >= 4 is 38.7 Å². The zero-order valence-corrected chi connectivity index (χ0v) is 22.7. The molecule has 1 aliphatic rings. The van der Waals surface area contributed by atoms with E-state index in [9.17, 15) is 22.4 Å². The number of rotatable bonds is 7. The van der Waals surface area contributed by atoms with Crippen LogP contribution >= 0.6 is 11.3 Å². The van der Waals surface area contributed by atoms with E-state index >= 15 is 0 Å².